The minimum Gasteiger partial charge on any atom is -0.396 e. The first-order valence-corrected chi connectivity index (χ1v) is 8.38. The van der Waals surface area contributed by atoms with Crippen molar-refractivity contribution in [3.05, 3.63) is 19.2 Å². The normalized spacial score (nSPS) is 23.9. The zero-order valence-electron chi connectivity index (χ0n) is 9.79. The molecule has 0 spiro atoms. The van der Waals surface area contributed by atoms with Gasteiger partial charge in [0.1, 0.15) is 0 Å². The molecule has 2 rings (SSSR count). The predicted molar refractivity (Wildman–Crippen MR) is 80.0 cm³/mol. The second kappa shape index (κ2) is 6.50. The molecule has 1 heterocycles. The third-order valence-electron chi connectivity index (χ3n) is 3.36. The SMILES string of the molecule is O=C(NC1CCCCC1CO)c1cc(Br)sc1Br. The fourth-order valence-corrected chi connectivity index (χ4v) is 5.15. The summed E-state index contributed by atoms with van der Waals surface area (Å²) in [7, 11) is 0. The van der Waals surface area contributed by atoms with Crippen molar-refractivity contribution in [2.75, 3.05) is 6.61 Å². The van der Waals surface area contributed by atoms with Gasteiger partial charge in [-0.15, -0.1) is 11.3 Å². The van der Waals surface area contributed by atoms with Crippen LogP contribution in [0.25, 0.3) is 0 Å². The van der Waals surface area contributed by atoms with Crippen LogP contribution in [-0.4, -0.2) is 23.7 Å². The van der Waals surface area contributed by atoms with E-state index < -0.39 is 0 Å². The first-order valence-electron chi connectivity index (χ1n) is 5.98. The molecular weight excluding hydrogens is 382 g/mol. The van der Waals surface area contributed by atoms with Gasteiger partial charge in [0.2, 0.25) is 0 Å². The number of hydrogen-bond acceptors (Lipinski definition) is 3. The molecule has 1 amide bonds. The molecule has 3 nitrogen and oxygen atoms in total. The number of halogens is 2. The molecule has 0 radical (unpaired) electrons. The van der Waals surface area contributed by atoms with Crippen molar-refractivity contribution in [1.29, 1.82) is 0 Å². The number of thiophene rings is 1. The van der Waals surface area contributed by atoms with Gasteiger partial charge in [0.15, 0.2) is 0 Å². The van der Waals surface area contributed by atoms with Crippen LogP contribution in [0, 0.1) is 5.92 Å². The second-order valence-corrected chi connectivity index (χ2v) is 8.29. The van der Waals surface area contributed by atoms with Crippen LogP contribution < -0.4 is 5.32 Å². The number of amides is 1. The maximum absolute atomic E-state index is 12.2. The van der Waals surface area contributed by atoms with Crippen LogP contribution in [0.4, 0.5) is 0 Å². The molecule has 1 fully saturated rings. The van der Waals surface area contributed by atoms with E-state index in [0.29, 0.717) is 5.56 Å². The Morgan fingerprint density at radius 2 is 2.17 bits per heavy atom. The summed E-state index contributed by atoms with van der Waals surface area (Å²) in [5, 5.41) is 12.4. The standard InChI is InChI=1S/C12H15Br2NO2S/c13-10-5-8(11(14)18-10)12(17)15-9-4-2-1-3-7(9)6-16/h5,7,9,16H,1-4,6H2,(H,15,17). The Hall–Kier alpha value is 0.0900. The van der Waals surface area contributed by atoms with E-state index in [1.807, 2.05) is 6.07 Å². The zero-order chi connectivity index (χ0) is 13.1. The van der Waals surface area contributed by atoms with Crippen LogP contribution in [0.5, 0.6) is 0 Å². The zero-order valence-corrected chi connectivity index (χ0v) is 13.8. The van der Waals surface area contributed by atoms with Crippen molar-refractivity contribution in [1.82, 2.24) is 5.32 Å². The number of carbonyl (C=O) groups is 1. The molecule has 2 unspecified atom stereocenters. The van der Waals surface area contributed by atoms with E-state index in [0.717, 1.165) is 33.3 Å². The third-order valence-corrected chi connectivity index (χ3v) is 5.70. The minimum atomic E-state index is -0.0609. The van der Waals surface area contributed by atoms with Crippen LogP contribution in [-0.2, 0) is 0 Å². The van der Waals surface area contributed by atoms with Crippen molar-refractivity contribution in [3.63, 3.8) is 0 Å². The van der Waals surface area contributed by atoms with Crippen LogP contribution in [0.3, 0.4) is 0 Å². The van der Waals surface area contributed by atoms with Gasteiger partial charge in [-0.2, -0.15) is 0 Å². The summed E-state index contributed by atoms with van der Waals surface area (Å²) in [6.07, 6.45) is 4.22. The van der Waals surface area contributed by atoms with E-state index >= 15 is 0 Å². The summed E-state index contributed by atoms with van der Waals surface area (Å²) in [5.74, 6) is 0.137. The minimum absolute atomic E-state index is 0.0609. The average molecular weight is 397 g/mol. The van der Waals surface area contributed by atoms with E-state index in [-0.39, 0.29) is 24.5 Å². The van der Waals surface area contributed by atoms with Crippen molar-refractivity contribution >= 4 is 49.1 Å². The monoisotopic (exact) mass is 395 g/mol. The second-order valence-electron chi connectivity index (χ2n) is 4.54. The smallest absolute Gasteiger partial charge is 0.253 e. The highest BCUT2D eigenvalue weighted by molar-refractivity contribution is 9.12. The van der Waals surface area contributed by atoms with Gasteiger partial charge in [0, 0.05) is 18.6 Å². The van der Waals surface area contributed by atoms with E-state index in [1.54, 1.807) is 0 Å². The third kappa shape index (κ3) is 3.35. The Balaban J connectivity index is 2.04. The fourth-order valence-electron chi connectivity index (χ4n) is 2.36. The summed E-state index contributed by atoms with van der Waals surface area (Å²) in [4.78, 5) is 12.2. The summed E-state index contributed by atoms with van der Waals surface area (Å²) >= 11 is 8.25. The van der Waals surface area contributed by atoms with E-state index in [2.05, 4.69) is 37.2 Å². The molecule has 2 atom stereocenters. The highest BCUT2D eigenvalue weighted by Crippen LogP contribution is 2.32. The molecule has 1 saturated carbocycles. The lowest BCUT2D eigenvalue weighted by Gasteiger charge is -2.30. The van der Waals surface area contributed by atoms with Gasteiger partial charge in [-0.25, -0.2) is 0 Å². The quantitative estimate of drug-likeness (QED) is 0.820. The highest BCUT2D eigenvalue weighted by atomic mass is 79.9. The van der Waals surface area contributed by atoms with Gasteiger partial charge in [0.05, 0.1) is 13.1 Å². The molecule has 18 heavy (non-hydrogen) atoms. The van der Waals surface area contributed by atoms with Crippen LogP contribution in [0.15, 0.2) is 13.6 Å². The number of aliphatic hydroxyl groups is 1. The molecule has 1 aromatic heterocycles. The maximum atomic E-state index is 12.2. The summed E-state index contributed by atoms with van der Waals surface area (Å²) in [6, 6.07) is 1.92. The predicted octanol–water partition coefficient (Wildman–Crippen LogP) is 3.55. The van der Waals surface area contributed by atoms with E-state index in [4.69, 9.17) is 0 Å². The maximum Gasteiger partial charge on any atom is 0.253 e. The van der Waals surface area contributed by atoms with Crippen LogP contribution >= 0.6 is 43.2 Å². The number of nitrogens with one attached hydrogen (secondary N) is 1. The van der Waals surface area contributed by atoms with Gasteiger partial charge in [-0.1, -0.05) is 12.8 Å². The Morgan fingerprint density at radius 3 is 2.78 bits per heavy atom. The molecule has 0 bridgehead atoms. The molecule has 0 aliphatic heterocycles. The van der Waals surface area contributed by atoms with Crippen LogP contribution in [0.1, 0.15) is 36.0 Å². The van der Waals surface area contributed by atoms with Gasteiger partial charge in [0.25, 0.3) is 5.91 Å². The average Bonchev–Trinajstić information content (AvgIpc) is 2.69. The molecule has 1 aliphatic rings. The lowest BCUT2D eigenvalue weighted by atomic mass is 9.85. The van der Waals surface area contributed by atoms with Gasteiger partial charge in [-0.3, -0.25) is 4.79 Å². The first kappa shape index (κ1) is 14.5. The Kier molecular flexibility index (Phi) is 5.24. The molecule has 2 N–H and O–H groups in total. The molecule has 1 aromatic rings. The lowest BCUT2D eigenvalue weighted by Crippen LogP contribution is -2.43. The molecule has 0 saturated heterocycles. The first-order chi connectivity index (χ1) is 8.61. The Bertz CT molecular complexity index is 436. The highest BCUT2D eigenvalue weighted by Gasteiger charge is 2.27. The largest absolute Gasteiger partial charge is 0.396 e. The fraction of sp³-hybridized carbons (Fsp3) is 0.583. The van der Waals surface area contributed by atoms with Gasteiger partial charge >= 0.3 is 0 Å². The molecule has 0 aromatic carbocycles. The lowest BCUT2D eigenvalue weighted by molar-refractivity contribution is 0.0872. The topological polar surface area (TPSA) is 49.3 Å². The number of hydrogen-bond donors (Lipinski definition) is 2. The Labute approximate surface area is 127 Å². The number of rotatable bonds is 3. The van der Waals surface area contributed by atoms with Crippen molar-refractivity contribution < 1.29 is 9.90 Å². The molecule has 100 valence electrons. The van der Waals surface area contributed by atoms with E-state index in [1.165, 1.54) is 11.3 Å². The van der Waals surface area contributed by atoms with Crippen LogP contribution in [0.2, 0.25) is 0 Å². The van der Waals surface area contributed by atoms with E-state index in [9.17, 15) is 9.90 Å². The molecular formula is C12H15Br2NO2S. The van der Waals surface area contributed by atoms with Crippen molar-refractivity contribution in [2.45, 2.75) is 31.7 Å². The van der Waals surface area contributed by atoms with Crippen molar-refractivity contribution in [2.24, 2.45) is 5.92 Å². The van der Waals surface area contributed by atoms with Gasteiger partial charge < -0.3 is 10.4 Å². The van der Waals surface area contributed by atoms with Gasteiger partial charge in [-0.05, 0) is 50.8 Å². The molecule has 6 heteroatoms. The summed E-state index contributed by atoms with van der Waals surface area (Å²) < 4.78 is 1.77. The Morgan fingerprint density at radius 1 is 1.44 bits per heavy atom. The number of aliphatic hydroxyl groups excluding tert-OH is 1. The number of carbonyl (C=O) groups excluding carboxylic acids is 1. The molecule has 1 aliphatic carbocycles. The summed E-state index contributed by atoms with van der Waals surface area (Å²) in [6.45, 7) is 0.152. The van der Waals surface area contributed by atoms with Crippen molar-refractivity contribution in [3.8, 4) is 0 Å². The summed E-state index contributed by atoms with van der Waals surface area (Å²) in [5.41, 5.74) is 0.661.